The van der Waals surface area contributed by atoms with Crippen LogP contribution in [0.2, 0.25) is 0 Å². The molecule has 3 aromatic carbocycles. The number of carbonyl (C=O) groups is 4. The van der Waals surface area contributed by atoms with Crippen molar-refractivity contribution in [2.45, 2.75) is 25.9 Å². The molecule has 1 aliphatic rings. The number of thiophene rings is 1. The molecule has 3 N–H and O–H groups in total. The highest BCUT2D eigenvalue weighted by atomic mass is 32.1. The van der Waals surface area contributed by atoms with E-state index in [0.717, 1.165) is 4.90 Å². The summed E-state index contributed by atoms with van der Waals surface area (Å²) in [4.78, 5) is 73.3. The molecule has 0 saturated carbocycles. The van der Waals surface area contributed by atoms with Crippen LogP contribution in [0, 0.1) is 0 Å². The van der Waals surface area contributed by atoms with Crippen molar-refractivity contribution in [3.63, 3.8) is 0 Å². The Morgan fingerprint density at radius 1 is 0.935 bits per heavy atom. The summed E-state index contributed by atoms with van der Waals surface area (Å²) in [7, 11) is 3.00. The number of pyridine rings is 1. The van der Waals surface area contributed by atoms with E-state index in [1.165, 1.54) is 34.8 Å². The van der Waals surface area contributed by atoms with E-state index >= 15 is 0 Å². The molecule has 9 rings (SSSR count). The third kappa shape index (κ3) is 6.82. The van der Waals surface area contributed by atoms with Crippen molar-refractivity contribution in [2.75, 3.05) is 33.1 Å². The first-order chi connectivity index (χ1) is 30.1. The molecule has 0 saturated heterocycles. The number of amides is 3. The van der Waals surface area contributed by atoms with Crippen LogP contribution < -0.4 is 26.1 Å². The number of benzene rings is 3. The molecule has 0 fully saturated rings. The average Bonchev–Trinajstić information content (AvgIpc) is 4.04. The number of nitrogen functional groups attached to an aromatic ring is 1. The maximum absolute atomic E-state index is 14.6. The highest BCUT2D eigenvalue weighted by Gasteiger charge is 2.39. The van der Waals surface area contributed by atoms with Gasteiger partial charge in [-0.2, -0.15) is 0 Å². The molecule has 19 heteroatoms. The maximum Gasteiger partial charge on any atom is 0.307 e. The normalized spacial score (nSPS) is 12.9. The Morgan fingerprint density at radius 3 is 2.52 bits per heavy atom. The Hall–Kier alpha value is -7.93. The molecular formula is C43H36N10O8S. The number of nitrogens with zero attached hydrogens (tertiary/aromatic N) is 8. The van der Waals surface area contributed by atoms with Gasteiger partial charge in [-0.15, -0.1) is 21.5 Å². The molecule has 0 aliphatic carbocycles. The van der Waals surface area contributed by atoms with Crippen molar-refractivity contribution < 1.29 is 33.4 Å². The van der Waals surface area contributed by atoms with Gasteiger partial charge >= 0.3 is 5.97 Å². The number of methoxy groups -OCH3 is 2. The number of hydrogen-bond acceptors (Lipinski definition) is 14. The van der Waals surface area contributed by atoms with Gasteiger partial charge in [0, 0.05) is 52.0 Å². The number of nitrogens with one attached hydrogen (secondary N) is 1. The monoisotopic (exact) mass is 852 g/mol. The predicted octanol–water partition coefficient (Wildman–Crippen LogP) is 4.83. The third-order valence-corrected chi connectivity index (χ3v) is 11.7. The van der Waals surface area contributed by atoms with Gasteiger partial charge in [-0.25, -0.2) is 14.2 Å². The van der Waals surface area contributed by atoms with Gasteiger partial charge in [-0.3, -0.25) is 33.4 Å². The van der Waals surface area contributed by atoms with Gasteiger partial charge in [-0.05, 0) is 42.6 Å². The van der Waals surface area contributed by atoms with Crippen LogP contribution in [-0.2, 0) is 16.1 Å². The molecule has 1 aliphatic heterocycles. The number of hydrogen-bond donors (Lipinski definition) is 2. The minimum Gasteiger partial charge on any atom is -0.493 e. The summed E-state index contributed by atoms with van der Waals surface area (Å²) < 4.78 is 21.4. The van der Waals surface area contributed by atoms with E-state index < -0.39 is 29.7 Å². The van der Waals surface area contributed by atoms with Crippen molar-refractivity contribution in [1.82, 2.24) is 44.4 Å². The summed E-state index contributed by atoms with van der Waals surface area (Å²) in [6.45, 7) is 1.70. The van der Waals surface area contributed by atoms with Crippen molar-refractivity contribution in [3.8, 4) is 28.4 Å². The number of esters is 1. The number of fused-ring (bicyclic) bond motifs is 5. The van der Waals surface area contributed by atoms with E-state index in [1.807, 2.05) is 30.3 Å². The number of nitrogens with two attached hydrogens (primary N) is 1. The van der Waals surface area contributed by atoms with E-state index in [2.05, 4.69) is 25.7 Å². The molecule has 5 aromatic heterocycles. The third-order valence-electron chi connectivity index (χ3n) is 10.6. The molecule has 312 valence electrons. The first-order valence-electron chi connectivity index (χ1n) is 19.3. The van der Waals surface area contributed by atoms with E-state index in [0.29, 0.717) is 65.5 Å². The molecule has 0 spiro atoms. The lowest BCUT2D eigenvalue weighted by atomic mass is 10.0. The van der Waals surface area contributed by atoms with Gasteiger partial charge in [0.2, 0.25) is 0 Å². The molecule has 62 heavy (non-hydrogen) atoms. The van der Waals surface area contributed by atoms with Gasteiger partial charge in [-0.1, -0.05) is 41.6 Å². The Morgan fingerprint density at radius 2 is 1.73 bits per heavy atom. The number of anilines is 1. The fourth-order valence-corrected chi connectivity index (χ4v) is 8.77. The summed E-state index contributed by atoms with van der Waals surface area (Å²) in [5.41, 5.74) is 8.50. The van der Waals surface area contributed by atoms with E-state index in [-0.39, 0.29) is 48.6 Å². The van der Waals surface area contributed by atoms with E-state index in [9.17, 15) is 24.0 Å². The average molecular weight is 853 g/mol. The lowest BCUT2D eigenvalue weighted by Gasteiger charge is -2.21. The van der Waals surface area contributed by atoms with Crippen molar-refractivity contribution in [3.05, 3.63) is 123 Å². The molecule has 6 heterocycles. The number of aromatic nitrogens is 7. The first-order valence-corrected chi connectivity index (χ1v) is 20.1. The Balaban J connectivity index is 0.895. The zero-order valence-electron chi connectivity index (χ0n) is 33.4. The van der Waals surface area contributed by atoms with E-state index in [1.54, 1.807) is 72.5 Å². The number of ether oxygens (including phenoxy) is 3. The van der Waals surface area contributed by atoms with Gasteiger partial charge < -0.3 is 25.3 Å². The number of imide groups is 1. The van der Waals surface area contributed by atoms with Gasteiger partial charge in [0.25, 0.3) is 23.3 Å². The zero-order valence-corrected chi connectivity index (χ0v) is 34.2. The molecule has 1 atom stereocenters. The fourth-order valence-electron chi connectivity index (χ4n) is 7.62. The second kappa shape index (κ2) is 15.9. The van der Waals surface area contributed by atoms with E-state index in [4.69, 9.17) is 19.9 Å². The summed E-state index contributed by atoms with van der Waals surface area (Å²) in [5.74, 6) is -1.13. The lowest BCUT2D eigenvalue weighted by Crippen LogP contribution is -2.32. The molecule has 0 bridgehead atoms. The van der Waals surface area contributed by atoms with Crippen LogP contribution in [0.15, 0.2) is 96.2 Å². The van der Waals surface area contributed by atoms with Gasteiger partial charge in [0.15, 0.2) is 23.0 Å². The summed E-state index contributed by atoms with van der Waals surface area (Å²) in [6, 6.07) is 20.7. The standard InChI is InChI=1S/C43H36N10O8S/c1-23(46-40(55)36-38(44)48-52-15-8-14-45-39(36)52)29-19-24-9-7-12-26(34(24)42(57)53(29)25-10-5-4-6-11-25)28-22-50(49-47-28)17-18-61-33(54)13-16-51-41(56)35-27-20-30(59-2)31(60-3)21-32(27)62-37(35)43(51)58/h4-12,14-15,19-23H,13,16-18H2,1-3H3,(H2,44,48)(H,46,55)/t23-/m0/s1. The molecule has 8 aromatic rings. The fraction of sp³-hybridized carbons (Fsp3) is 0.186. The maximum atomic E-state index is 14.6. The molecule has 3 amide bonds. The smallest absolute Gasteiger partial charge is 0.307 e. The lowest BCUT2D eigenvalue weighted by molar-refractivity contribution is -0.144. The topological polar surface area (TPSA) is 220 Å². The zero-order chi connectivity index (χ0) is 43.2. The van der Waals surface area contributed by atoms with Crippen LogP contribution in [-0.4, -0.2) is 90.1 Å². The minimum atomic E-state index is -0.676. The summed E-state index contributed by atoms with van der Waals surface area (Å²) in [5, 5.41) is 17.3. The first kappa shape index (κ1) is 39.5. The Kier molecular flexibility index (Phi) is 10.1. The van der Waals surface area contributed by atoms with Crippen LogP contribution >= 0.6 is 11.3 Å². The van der Waals surface area contributed by atoms with Crippen LogP contribution in [0.25, 0.3) is 43.5 Å². The highest BCUT2D eigenvalue weighted by molar-refractivity contribution is 7.21. The van der Waals surface area contributed by atoms with Crippen molar-refractivity contribution >= 4 is 67.4 Å². The van der Waals surface area contributed by atoms with Crippen LogP contribution in [0.1, 0.15) is 55.5 Å². The number of carbonyl (C=O) groups excluding carboxylic acids is 4. The second-order valence-corrected chi connectivity index (χ2v) is 15.3. The van der Waals surface area contributed by atoms with Crippen molar-refractivity contribution in [2.24, 2.45) is 0 Å². The number of rotatable bonds is 13. The van der Waals surface area contributed by atoms with Crippen LogP contribution in [0.4, 0.5) is 5.82 Å². The SMILES string of the molecule is COc1cc2sc3c(c2cc1OC)C(=O)N(CCC(=O)OCCn1cc(-c2cccc4cc([C@H](C)NC(=O)c5c(N)nn6cccnc56)n(-c5ccccc5)c(=O)c24)nn1)C3=O. The number of para-hydroxylation sites is 1. The molecule has 0 radical (unpaired) electrons. The Labute approximate surface area is 355 Å². The van der Waals surface area contributed by atoms with Gasteiger partial charge in [0.1, 0.15) is 22.7 Å². The highest BCUT2D eigenvalue weighted by Crippen LogP contribution is 2.42. The molecule has 18 nitrogen and oxygen atoms in total. The van der Waals surface area contributed by atoms with Crippen LogP contribution in [0.3, 0.4) is 0 Å². The van der Waals surface area contributed by atoms with Crippen LogP contribution in [0.5, 0.6) is 11.5 Å². The predicted molar refractivity (Wildman–Crippen MR) is 228 cm³/mol. The van der Waals surface area contributed by atoms with Gasteiger partial charge in [0.05, 0.1) is 50.4 Å². The largest absolute Gasteiger partial charge is 0.493 e. The summed E-state index contributed by atoms with van der Waals surface area (Å²) in [6.07, 6.45) is 4.63. The molecular weight excluding hydrogens is 817 g/mol. The second-order valence-electron chi connectivity index (χ2n) is 14.3. The quantitative estimate of drug-likeness (QED) is 0.117. The summed E-state index contributed by atoms with van der Waals surface area (Å²) >= 11 is 1.18. The van der Waals surface area contributed by atoms with Crippen molar-refractivity contribution in [1.29, 1.82) is 0 Å². The molecule has 0 unspecified atom stereocenters. The Bertz CT molecular complexity index is 3170. The minimum absolute atomic E-state index is 0.0206.